The standard InChI is InChI=1S/C19H16N2O2/c1-2-4-15-12(3-1)5-6-16(21-15)19-14-10-18-17(22-11-23-18)9-13(14)7-8-20-19/h1-6,9-10,19-20H,7-8,11H2. The Balaban J connectivity index is 1.64. The zero-order chi connectivity index (χ0) is 15.2. The van der Waals surface area contributed by atoms with E-state index in [2.05, 4.69) is 41.7 Å². The minimum absolute atomic E-state index is 0.0952. The topological polar surface area (TPSA) is 43.4 Å². The molecule has 3 heterocycles. The Labute approximate surface area is 134 Å². The maximum atomic E-state index is 5.55. The molecule has 23 heavy (non-hydrogen) atoms. The Kier molecular flexibility index (Phi) is 2.78. The molecule has 1 atom stereocenters. The number of pyridine rings is 1. The normalized spacial score (nSPS) is 18.9. The SMILES string of the molecule is c1ccc2nc(C3NCCc4cc5c(cc43)OCO5)ccc2c1. The molecular weight excluding hydrogens is 288 g/mol. The summed E-state index contributed by atoms with van der Waals surface area (Å²) in [6, 6.07) is 16.8. The predicted octanol–water partition coefficient (Wildman–Crippen LogP) is 3.20. The molecule has 0 saturated heterocycles. The largest absolute Gasteiger partial charge is 0.454 e. The minimum Gasteiger partial charge on any atom is -0.454 e. The first-order chi connectivity index (χ1) is 11.4. The lowest BCUT2D eigenvalue weighted by Gasteiger charge is -2.27. The second kappa shape index (κ2) is 4.96. The van der Waals surface area contributed by atoms with Gasteiger partial charge in [0.25, 0.3) is 0 Å². The molecule has 1 aromatic heterocycles. The Hall–Kier alpha value is -2.59. The van der Waals surface area contributed by atoms with Crippen molar-refractivity contribution in [2.75, 3.05) is 13.3 Å². The average Bonchev–Trinajstić information content (AvgIpc) is 3.06. The summed E-state index contributed by atoms with van der Waals surface area (Å²) in [5.41, 5.74) is 4.62. The van der Waals surface area contributed by atoms with E-state index in [1.807, 2.05) is 12.1 Å². The number of nitrogens with zero attached hydrogens (tertiary/aromatic N) is 1. The summed E-state index contributed by atoms with van der Waals surface area (Å²) in [4.78, 5) is 4.86. The Morgan fingerprint density at radius 1 is 1.00 bits per heavy atom. The van der Waals surface area contributed by atoms with Crippen LogP contribution >= 0.6 is 0 Å². The molecule has 1 N–H and O–H groups in total. The fourth-order valence-corrected chi connectivity index (χ4v) is 3.45. The van der Waals surface area contributed by atoms with E-state index in [1.54, 1.807) is 0 Å². The lowest BCUT2D eigenvalue weighted by atomic mass is 9.91. The van der Waals surface area contributed by atoms with Gasteiger partial charge in [-0.3, -0.25) is 4.98 Å². The van der Waals surface area contributed by atoms with E-state index >= 15 is 0 Å². The summed E-state index contributed by atoms with van der Waals surface area (Å²) in [5, 5.41) is 4.75. The molecule has 0 bridgehead atoms. The van der Waals surface area contributed by atoms with Gasteiger partial charge >= 0.3 is 0 Å². The quantitative estimate of drug-likeness (QED) is 0.750. The van der Waals surface area contributed by atoms with Crippen LogP contribution in [0.15, 0.2) is 48.5 Å². The van der Waals surface area contributed by atoms with Gasteiger partial charge in [0.05, 0.1) is 17.3 Å². The van der Waals surface area contributed by atoms with Crippen molar-refractivity contribution in [3.63, 3.8) is 0 Å². The van der Waals surface area contributed by atoms with Gasteiger partial charge in [-0.25, -0.2) is 0 Å². The predicted molar refractivity (Wildman–Crippen MR) is 87.9 cm³/mol. The van der Waals surface area contributed by atoms with Crippen LogP contribution < -0.4 is 14.8 Å². The molecule has 0 spiro atoms. The first-order valence-corrected chi connectivity index (χ1v) is 7.90. The first-order valence-electron chi connectivity index (χ1n) is 7.90. The Bertz CT molecular complexity index is 907. The molecular formula is C19H16N2O2. The molecule has 0 fully saturated rings. The van der Waals surface area contributed by atoms with Gasteiger partial charge in [-0.2, -0.15) is 0 Å². The van der Waals surface area contributed by atoms with Crippen LogP contribution in [-0.4, -0.2) is 18.3 Å². The summed E-state index contributed by atoms with van der Waals surface area (Å²) in [5.74, 6) is 1.69. The van der Waals surface area contributed by atoms with E-state index in [0.717, 1.165) is 41.1 Å². The summed E-state index contributed by atoms with van der Waals surface area (Å²) < 4.78 is 11.1. The zero-order valence-corrected chi connectivity index (χ0v) is 12.6. The third kappa shape index (κ3) is 2.06. The lowest BCUT2D eigenvalue weighted by Crippen LogP contribution is -2.31. The molecule has 0 saturated carbocycles. The molecule has 3 aromatic rings. The highest BCUT2D eigenvalue weighted by Gasteiger charge is 2.26. The molecule has 5 rings (SSSR count). The van der Waals surface area contributed by atoms with Gasteiger partial charge in [0.1, 0.15) is 0 Å². The molecule has 0 radical (unpaired) electrons. The van der Waals surface area contributed by atoms with E-state index in [1.165, 1.54) is 11.1 Å². The minimum atomic E-state index is 0.0952. The van der Waals surface area contributed by atoms with Crippen molar-refractivity contribution in [3.05, 3.63) is 65.4 Å². The summed E-state index contributed by atoms with van der Waals surface area (Å²) in [6.45, 7) is 1.25. The summed E-state index contributed by atoms with van der Waals surface area (Å²) >= 11 is 0. The zero-order valence-electron chi connectivity index (χ0n) is 12.6. The van der Waals surface area contributed by atoms with Crippen LogP contribution in [-0.2, 0) is 6.42 Å². The van der Waals surface area contributed by atoms with Crippen LogP contribution in [0.1, 0.15) is 22.9 Å². The molecule has 2 aliphatic heterocycles. The van der Waals surface area contributed by atoms with Crippen molar-refractivity contribution in [3.8, 4) is 11.5 Å². The van der Waals surface area contributed by atoms with Gasteiger partial charge in [-0.1, -0.05) is 24.3 Å². The molecule has 2 aromatic carbocycles. The van der Waals surface area contributed by atoms with Gasteiger partial charge in [-0.05, 0) is 41.8 Å². The average molecular weight is 304 g/mol. The van der Waals surface area contributed by atoms with Gasteiger partial charge in [0.15, 0.2) is 11.5 Å². The van der Waals surface area contributed by atoms with Crippen molar-refractivity contribution in [2.24, 2.45) is 0 Å². The fraction of sp³-hybridized carbons (Fsp3) is 0.211. The van der Waals surface area contributed by atoms with Crippen LogP contribution in [0, 0.1) is 0 Å². The van der Waals surface area contributed by atoms with Crippen LogP contribution in [0.3, 0.4) is 0 Å². The maximum absolute atomic E-state index is 5.55. The summed E-state index contributed by atoms with van der Waals surface area (Å²) in [6.07, 6.45) is 0.996. The number of nitrogens with one attached hydrogen (secondary N) is 1. The number of ether oxygens (including phenoxy) is 2. The second-order valence-electron chi connectivity index (χ2n) is 5.97. The smallest absolute Gasteiger partial charge is 0.231 e. The highest BCUT2D eigenvalue weighted by molar-refractivity contribution is 5.78. The Morgan fingerprint density at radius 2 is 1.87 bits per heavy atom. The fourth-order valence-electron chi connectivity index (χ4n) is 3.45. The van der Waals surface area contributed by atoms with Crippen LogP contribution in [0.5, 0.6) is 11.5 Å². The first kappa shape index (κ1) is 12.9. The lowest BCUT2D eigenvalue weighted by molar-refractivity contribution is 0.174. The Morgan fingerprint density at radius 3 is 2.83 bits per heavy atom. The number of hydrogen-bond acceptors (Lipinski definition) is 4. The third-order valence-electron chi connectivity index (χ3n) is 4.60. The molecule has 114 valence electrons. The monoisotopic (exact) mass is 304 g/mol. The van der Waals surface area contributed by atoms with Crippen molar-refractivity contribution in [1.29, 1.82) is 0 Å². The number of aromatic nitrogens is 1. The van der Waals surface area contributed by atoms with Crippen LogP contribution in [0.4, 0.5) is 0 Å². The number of hydrogen-bond donors (Lipinski definition) is 1. The van der Waals surface area contributed by atoms with Crippen LogP contribution in [0.25, 0.3) is 10.9 Å². The molecule has 4 nitrogen and oxygen atoms in total. The highest BCUT2D eigenvalue weighted by atomic mass is 16.7. The van der Waals surface area contributed by atoms with Crippen LogP contribution in [0.2, 0.25) is 0 Å². The van der Waals surface area contributed by atoms with Crippen molar-refractivity contribution in [1.82, 2.24) is 10.3 Å². The highest BCUT2D eigenvalue weighted by Crippen LogP contribution is 2.39. The molecule has 1 unspecified atom stereocenters. The number of benzene rings is 2. The van der Waals surface area contributed by atoms with Crippen molar-refractivity contribution < 1.29 is 9.47 Å². The molecule has 0 aliphatic carbocycles. The maximum Gasteiger partial charge on any atom is 0.231 e. The third-order valence-corrected chi connectivity index (χ3v) is 4.60. The van der Waals surface area contributed by atoms with Crippen molar-refractivity contribution in [2.45, 2.75) is 12.5 Å². The number of para-hydroxylation sites is 1. The second-order valence-corrected chi connectivity index (χ2v) is 5.97. The van der Waals surface area contributed by atoms with Gasteiger partial charge < -0.3 is 14.8 Å². The number of rotatable bonds is 1. The van der Waals surface area contributed by atoms with Gasteiger partial charge in [-0.15, -0.1) is 0 Å². The van der Waals surface area contributed by atoms with Crippen molar-refractivity contribution >= 4 is 10.9 Å². The van der Waals surface area contributed by atoms with E-state index in [0.29, 0.717) is 6.79 Å². The van der Waals surface area contributed by atoms with E-state index in [4.69, 9.17) is 14.5 Å². The van der Waals surface area contributed by atoms with E-state index in [9.17, 15) is 0 Å². The molecule has 2 aliphatic rings. The van der Waals surface area contributed by atoms with E-state index in [-0.39, 0.29) is 6.04 Å². The molecule has 0 amide bonds. The number of fused-ring (bicyclic) bond motifs is 3. The van der Waals surface area contributed by atoms with E-state index < -0.39 is 0 Å². The van der Waals surface area contributed by atoms with Gasteiger partial charge in [0.2, 0.25) is 6.79 Å². The van der Waals surface area contributed by atoms with Gasteiger partial charge in [0, 0.05) is 11.9 Å². The molecule has 4 heteroatoms. The summed E-state index contributed by atoms with van der Waals surface area (Å²) in [7, 11) is 0.